The summed E-state index contributed by atoms with van der Waals surface area (Å²) < 4.78 is 15.9. The third-order valence-corrected chi connectivity index (χ3v) is 5.03. The van der Waals surface area contributed by atoms with Gasteiger partial charge in [-0.25, -0.2) is 9.37 Å². The van der Waals surface area contributed by atoms with Gasteiger partial charge in [0.05, 0.1) is 11.7 Å². The van der Waals surface area contributed by atoms with Crippen LogP contribution in [0.25, 0.3) is 0 Å². The predicted octanol–water partition coefficient (Wildman–Crippen LogP) is 3.13. The molecule has 0 bridgehead atoms. The Labute approximate surface area is 144 Å². The average Bonchev–Trinajstić information content (AvgIpc) is 2.85. The summed E-state index contributed by atoms with van der Waals surface area (Å²) in [6.07, 6.45) is 0.0974. The lowest BCUT2D eigenvalue weighted by Gasteiger charge is -2.13. The second-order valence-electron chi connectivity index (χ2n) is 5.23. The summed E-state index contributed by atoms with van der Waals surface area (Å²) in [6.45, 7) is 1.76. The number of aryl methyl sites for hydroxylation is 1. The van der Waals surface area contributed by atoms with Crippen LogP contribution in [0.1, 0.15) is 18.2 Å². The van der Waals surface area contributed by atoms with Crippen molar-refractivity contribution in [1.29, 1.82) is 0 Å². The van der Waals surface area contributed by atoms with Crippen molar-refractivity contribution in [2.75, 3.05) is 11.1 Å². The zero-order valence-corrected chi connectivity index (χ0v) is 14.6. The standard InChI is InChI=1S/C15H13BrFN3O2S/c1-8-4-14(22)20-10(7-23-15(20)18-8)6-13(21)19-12-3-2-9(16)5-11(12)17/h2-5,10H,6-7H2,1H3,(H,19,21). The molecule has 3 rings (SSSR count). The largest absolute Gasteiger partial charge is 0.324 e. The van der Waals surface area contributed by atoms with E-state index in [1.165, 1.54) is 34.5 Å². The number of aromatic nitrogens is 2. The van der Waals surface area contributed by atoms with Gasteiger partial charge in [0.2, 0.25) is 5.91 Å². The summed E-state index contributed by atoms with van der Waals surface area (Å²) in [6, 6.07) is 5.61. The number of thioether (sulfide) groups is 1. The Bertz CT molecular complexity index is 840. The van der Waals surface area contributed by atoms with Crippen molar-refractivity contribution in [2.45, 2.75) is 24.5 Å². The highest BCUT2D eigenvalue weighted by Crippen LogP contribution is 2.32. The van der Waals surface area contributed by atoms with E-state index in [1.54, 1.807) is 13.0 Å². The maximum absolute atomic E-state index is 13.8. The number of halogens is 2. The number of benzene rings is 1. The fraction of sp³-hybridized carbons (Fsp3) is 0.267. The van der Waals surface area contributed by atoms with Crippen molar-refractivity contribution in [1.82, 2.24) is 9.55 Å². The Morgan fingerprint density at radius 2 is 2.30 bits per heavy atom. The summed E-state index contributed by atoms with van der Waals surface area (Å²) in [7, 11) is 0. The van der Waals surface area contributed by atoms with Crippen LogP contribution in [0.15, 0.2) is 38.7 Å². The van der Waals surface area contributed by atoms with Crippen LogP contribution < -0.4 is 10.9 Å². The molecule has 1 N–H and O–H groups in total. The van der Waals surface area contributed by atoms with Gasteiger partial charge >= 0.3 is 0 Å². The van der Waals surface area contributed by atoms with Crippen LogP contribution in [0.5, 0.6) is 0 Å². The van der Waals surface area contributed by atoms with Gasteiger partial charge in [0.25, 0.3) is 5.56 Å². The third kappa shape index (κ3) is 3.48. The Kier molecular flexibility index (Phi) is 4.54. The molecular formula is C15H13BrFN3O2S. The van der Waals surface area contributed by atoms with E-state index in [0.717, 1.165) is 0 Å². The number of carbonyl (C=O) groups excluding carboxylic acids is 1. The molecule has 2 heterocycles. The number of rotatable bonds is 3. The molecule has 23 heavy (non-hydrogen) atoms. The maximum Gasteiger partial charge on any atom is 0.254 e. The van der Waals surface area contributed by atoms with Gasteiger partial charge in [0, 0.05) is 28.4 Å². The van der Waals surface area contributed by atoms with Crippen LogP contribution in [0.2, 0.25) is 0 Å². The average molecular weight is 398 g/mol. The lowest BCUT2D eigenvalue weighted by molar-refractivity contribution is -0.116. The number of hydrogen-bond donors (Lipinski definition) is 1. The molecule has 1 aromatic heterocycles. The Hall–Kier alpha value is -1.67. The number of hydrogen-bond acceptors (Lipinski definition) is 4. The van der Waals surface area contributed by atoms with Crippen molar-refractivity contribution in [2.24, 2.45) is 0 Å². The molecule has 0 spiro atoms. The zero-order chi connectivity index (χ0) is 16.6. The minimum atomic E-state index is -0.511. The van der Waals surface area contributed by atoms with E-state index in [2.05, 4.69) is 26.2 Å². The topological polar surface area (TPSA) is 64.0 Å². The molecular weight excluding hydrogens is 385 g/mol. The number of fused-ring (bicyclic) bond motifs is 1. The lowest BCUT2D eigenvalue weighted by atomic mass is 10.2. The molecule has 8 heteroatoms. The van der Waals surface area contributed by atoms with Gasteiger partial charge in [-0.1, -0.05) is 27.7 Å². The summed E-state index contributed by atoms with van der Waals surface area (Å²) >= 11 is 4.61. The molecule has 1 aromatic carbocycles. The van der Waals surface area contributed by atoms with Gasteiger partial charge in [-0.05, 0) is 25.1 Å². The van der Waals surface area contributed by atoms with Crippen LogP contribution >= 0.6 is 27.7 Å². The molecule has 0 radical (unpaired) electrons. The van der Waals surface area contributed by atoms with Crippen molar-refractivity contribution < 1.29 is 9.18 Å². The Morgan fingerprint density at radius 1 is 1.52 bits per heavy atom. The minimum absolute atomic E-state index is 0.0974. The molecule has 0 saturated carbocycles. The normalized spacial score (nSPS) is 16.2. The Balaban J connectivity index is 1.74. The number of amides is 1. The summed E-state index contributed by atoms with van der Waals surface area (Å²) in [5, 5.41) is 3.17. The fourth-order valence-corrected chi connectivity index (χ4v) is 3.95. The van der Waals surface area contributed by atoms with Crippen LogP contribution in [0.4, 0.5) is 10.1 Å². The number of nitrogens with one attached hydrogen (secondary N) is 1. The van der Waals surface area contributed by atoms with E-state index in [1.807, 2.05) is 0 Å². The highest BCUT2D eigenvalue weighted by Gasteiger charge is 2.27. The molecule has 0 aliphatic carbocycles. The predicted molar refractivity (Wildman–Crippen MR) is 90.3 cm³/mol. The van der Waals surface area contributed by atoms with E-state index in [0.29, 0.717) is 21.1 Å². The van der Waals surface area contributed by atoms with E-state index in [-0.39, 0.29) is 29.6 Å². The van der Waals surface area contributed by atoms with Crippen molar-refractivity contribution in [3.05, 3.63) is 50.6 Å². The molecule has 2 aromatic rings. The van der Waals surface area contributed by atoms with Gasteiger partial charge < -0.3 is 5.32 Å². The van der Waals surface area contributed by atoms with Crippen LogP contribution in [0.3, 0.4) is 0 Å². The van der Waals surface area contributed by atoms with Gasteiger partial charge in [0.1, 0.15) is 5.82 Å². The maximum atomic E-state index is 13.8. The van der Waals surface area contributed by atoms with E-state index >= 15 is 0 Å². The van der Waals surface area contributed by atoms with Gasteiger partial charge in [0.15, 0.2) is 5.16 Å². The molecule has 1 aliphatic heterocycles. The van der Waals surface area contributed by atoms with Crippen molar-refractivity contribution in [3.8, 4) is 0 Å². The number of nitrogens with zero attached hydrogens (tertiary/aromatic N) is 2. The Morgan fingerprint density at radius 3 is 3.04 bits per heavy atom. The minimum Gasteiger partial charge on any atom is -0.324 e. The molecule has 5 nitrogen and oxygen atoms in total. The molecule has 0 fully saturated rings. The van der Waals surface area contributed by atoms with Gasteiger partial charge in [-0.15, -0.1) is 0 Å². The SMILES string of the molecule is Cc1cc(=O)n2c(n1)SCC2CC(=O)Nc1ccc(Br)cc1F. The molecule has 1 amide bonds. The van der Waals surface area contributed by atoms with E-state index in [9.17, 15) is 14.0 Å². The second-order valence-corrected chi connectivity index (χ2v) is 7.13. The highest BCUT2D eigenvalue weighted by atomic mass is 79.9. The fourth-order valence-electron chi connectivity index (χ4n) is 2.42. The van der Waals surface area contributed by atoms with Crippen LogP contribution in [0, 0.1) is 12.7 Å². The van der Waals surface area contributed by atoms with E-state index < -0.39 is 5.82 Å². The lowest BCUT2D eigenvalue weighted by Crippen LogP contribution is -2.27. The first kappa shape index (κ1) is 16.2. The van der Waals surface area contributed by atoms with Crippen molar-refractivity contribution in [3.63, 3.8) is 0 Å². The van der Waals surface area contributed by atoms with E-state index in [4.69, 9.17) is 0 Å². The first-order valence-corrected chi connectivity index (χ1v) is 8.70. The number of carbonyl (C=O) groups is 1. The first-order valence-electron chi connectivity index (χ1n) is 6.92. The quantitative estimate of drug-likeness (QED) is 0.808. The monoisotopic (exact) mass is 397 g/mol. The summed E-state index contributed by atoms with van der Waals surface area (Å²) in [5.74, 6) is -0.248. The third-order valence-electron chi connectivity index (χ3n) is 3.44. The summed E-state index contributed by atoms with van der Waals surface area (Å²) in [4.78, 5) is 28.6. The zero-order valence-electron chi connectivity index (χ0n) is 12.2. The molecule has 1 atom stereocenters. The second kappa shape index (κ2) is 6.45. The molecule has 1 unspecified atom stereocenters. The number of anilines is 1. The first-order chi connectivity index (χ1) is 10.9. The van der Waals surface area contributed by atoms with Crippen molar-refractivity contribution >= 4 is 39.3 Å². The molecule has 0 saturated heterocycles. The smallest absolute Gasteiger partial charge is 0.254 e. The molecule has 1 aliphatic rings. The molecule has 120 valence electrons. The van der Waals surface area contributed by atoms with Gasteiger partial charge in [-0.3, -0.25) is 14.2 Å². The van der Waals surface area contributed by atoms with Crippen LogP contribution in [-0.4, -0.2) is 21.2 Å². The summed E-state index contributed by atoms with van der Waals surface area (Å²) in [5.41, 5.74) is 0.624. The highest BCUT2D eigenvalue weighted by molar-refractivity contribution is 9.10. The van der Waals surface area contributed by atoms with Gasteiger partial charge in [-0.2, -0.15) is 0 Å². The van der Waals surface area contributed by atoms with Crippen LogP contribution in [-0.2, 0) is 4.79 Å².